The summed E-state index contributed by atoms with van der Waals surface area (Å²) < 4.78 is 5.87. The van der Waals surface area contributed by atoms with Gasteiger partial charge in [0, 0.05) is 29.1 Å². The van der Waals surface area contributed by atoms with Gasteiger partial charge in [0.15, 0.2) is 5.82 Å². The lowest BCUT2D eigenvalue weighted by atomic mass is 10.1. The van der Waals surface area contributed by atoms with E-state index in [1.807, 2.05) is 63.2 Å². The third-order valence-electron chi connectivity index (χ3n) is 4.88. The van der Waals surface area contributed by atoms with Gasteiger partial charge in [-0.05, 0) is 62.7 Å². The number of nitrogens with zero attached hydrogens (tertiary/aromatic N) is 2. The maximum Gasteiger partial charge on any atom is 0.255 e. The molecule has 0 saturated carbocycles. The first-order valence-electron chi connectivity index (χ1n) is 10.0. The van der Waals surface area contributed by atoms with Crippen molar-refractivity contribution in [1.29, 1.82) is 0 Å². The van der Waals surface area contributed by atoms with Crippen LogP contribution in [0.1, 0.15) is 27.0 Å². The fourth-order valence-electron chi connectivity index (χ4n) is 3.27. The monoisotopic (exact) mass is 409 g/mol. The van der Waals surface area contributed by atoms with E-state index in [1.54, 1.807) is 36.5 Å². The molecule has 1 aromatic heterocycles. The zero-order valence-electron chi connectivity index (χ0n) is 17.7. The van der Waals surface area contributed by atoms with Gasteiger partial charge >= 0.3 is 0 Å². The predicted molar refractivity (Wildman–Crippen MR) is 123 cm³/mol. The molecule has 0 spiro atoms. The van der Waals surface area contributed by atoms with Gasteiger partial charge in [-0.3, -0.25) is 4.79 Å². The van der Waals surface area contributed by atoms with E-state index in [2.05, 4.69) is 15.3 Å². The first-order valence-corrected chi connectivity index (χ1v) is 10.0. The van der Waals surface area contributed by atoms with Crippen molar-refractivity contribution in [2.24, 2.45) is 0 Å². The molecule has 5 heteroatoms. The molecule has 0 bridgehead atoms. The van der Waals surface area contributed by atoms with Crippen LogP contribution in [0.15, 0.2) is 79.0 Å². The number of aromatic nitrogens is 2. The molecular weight excluding hydrogens is 386 g/mol. The van der Waals surface area contributed by atoms with Gasteiger partial charge in [0.2, 0.25) is 5.88 Å². The molecule has 0 unspecified atom stereocenters. The normalized spacial score (nSPS) is 10.5. The minimum Gasteiger partial charge on any atom is -0.439 e. The van der Waals surface area contributed by atoms with Gasteiger partial charge in [0.1, 0.15) is 5.75 Å². The highest BCUT2D eigenvalue weighted by Crippen LogP contribution is 2.24. The third-order valence-corrected chi connectivity index (χ3v) is 4.88. The lowest BCUT2D eigenvalue weighted by Crippen LogP contribution is -2.12. The lowest BCUT2D eigenvalue weighted by molar-refractivity contribution is 0.102. The van der Waals surface area contributed by atoms with Gasteiger partial charge in [-0.1, -0.05) is 41.5 Å². The van der Waals surface area contributed by atoms with Crippen LogP contribution < -0.4 is 10.1 Å². The minimum absolute atomic E-state index is 0.165. The van der Waals surface area contributed by atoms with Crippen LogP contribution in [0, 0.1) is 20.8 Å². The number of hydrogen-bond acceptors (Lipinski definition) is 4. The number of nitrogens with one attached hydrogen (secondary N) is 1. The van der Waals surface area contributed by atoms with Gasteiger partial charge in [-0.15, -0.1) is 0 Å². The van der Waals surface area contributed by atoms with Crippen LogP contribution in [0.4, 0.5) is 5.69 Å². The van der Waals surface area contributed by atoms with Crippen LogP contribution >= 0.6 is 0 Å². The molecule has 1 amide bonds. The third kappa shape index (κ3) is 4.95. The maximum absolute atomic E-state index is 12.6. The van der Waals surface area contributed by atoms with E-state index in [4.69, 9.17) is 4.74 Å². The molecule has 1 heterocycles. The summed E-state index contributed by atoms with van der Waals surface area (Å²) in [5.41, 5.74) is 5.62. The predicted octanol–water partition coefficient (Wildman–Crippen LogP) is 6.11. The molecule has 31 heavy (non-hydrogen) atoms. The van der Waals surface area contributed by atoms with Crippen LogP contribution in [-0.4, -0.2) is 15.9 Å². The van der Waals surface area contributed by atoms with E-state index in [0.717, 1.165) is 27.9 Å². The molecule has 1 N–H and O–H groups in total. The molecule has 3 aromatic carbocycles. The lowest BCUT2D eigenvalue weighted by Gasteiger charge is -2.10. The summed E-state index contributed by atoms with van der Waals surface area (Å²) in [6, 6.07) is 22.6. The number of hydrogen-bond donors (Lipinski definition) is 1. The van der Waals surface area contributed by atoms with Crippen molar-refractivity contribution >= 4 is 11.6 Å². The van der Waals surface area contributed by atoms with E-state index in [-0.39, 0.29) is 5.91 Å². The van der Waals surface area contributed by atoms with Gasteiger partial charge < -0.3 is 10.1 Å². The van der Waals surface area contributed by atoms with E-state index in [1.165, 1.54) is 0 Å². The van der Waals surface area contributed by atoms with Crippen molar-refractivity contribution < 1.29 is 9.53 Å². The largest absolute Gasteiger partial charge is 0.439 e. The molecule has 4 aromatic rings. The van der Waals surface area contributed by atoms with Gasteiger partial charge in [-0.2, -0.15) is 4.98 Å². The summed E-state index contributed by atoms with van der Waals surface area (Å²) in [4.78, 5) is 21.4. The zero-order chi connectivity index (χ0) is 21.8. The van der Waals surface area contributed by atoms with Crippen LogP contribution in [-0.2, 0) is 0 Å². The Hall–Kier alpha value is -3.99. The summed E-state index contributed by atoms with van der Waals surface area (Å²) in [7, 11) is 0. The number of anilines is 1. The zero-order valence-corrected chi connectivity index (χ0v) is 17.7. The van der Waals surface area contributed by atoms with E-state index >= 15 is 0 Å². The number of carbonyl (C=O) groups excluding carboxylic acids is 1. The standard InChI is InChI=1S/C26H23N3O2/c1-17-5-4-6-21(16-17)25-27-14-13-24(29-25)31-22-10-8-20(9-11-22)26(30)28-23-12-7-18(2)15-19(23)3/h4-16H,1-3H3,(H,28,30). The van der Waals surface area contributed by atoms with Crippen molar-refractivity contribution in [3.63, 3.8) is 0 Å². The smallest absolute Gasteiger partial charge is 0.255 e. The summed E-state index contributed by atoms with van der Waals surface area (Å²) in [6.07, 6.45) is 1.67. The number of carbonyl (C=O) groups is 1. The Morgan fingerprint density at radius 1 is 0.871 bits per heavy atom. The van der Waals surface area contributed by atoms with Gasteiger partial charge in [-0.25, -0.2) is 4.98 Å². The fourth-order valence-corrected chi connectivity index (χ4v) is 3.27. The second-order valence-corrected chi connectivity index (χ2v) is 7.49. The molecule has 4 rings (SSSR count). The van der Waals surface area contributed by atoms with E-state index in [9.17, 15) is 4.79 Å². The second-order valence-electron chi connectivity index (χ2n) is 7.49. The molecular formula is C26H23N3O2. The Morgan fingerprint density at radius 3 is 2.39 bits per heavy atom. The van der Waals surface area contributed by atoms with Gasteiger partial charge in [0.05, 0.1) is 0 Å². The molecule has 154 valence electrons. The number of rotatable bonds is 5. The second kappa shape index (κ2) is 8.79. The molecule has 5 nitrogen and oxygen atoms in total. The van der Waals surface area contributed by atoms with Crippen LogP contribution in [0.5, 0.6) is 11.6 Å². The maximum atomic E-state index is 12.6. The van der Waals surface area contributed by atoms with Crippen LogP contribution in [0.3, 0.4) is 0 Å². The highest BCUT2D eigenvalue weighted by atomic mass is 16.5. The number of ether oxygens (including phenoxy) is 1. The average molecular weight is 409 g/mol. The van der Waals surface area contributed by atoms with Crippen LogP contribution in [0.2, 0.25) is 0 Å². The molecule has 0 atom stereocenters. The fraction of sp³-hybridized carbons (Fsp3) is 0.115. The molecule has 0 aliphatic carbocycles. The van der Waals surface area contributed by atoms with Crippen molar-refractivity contribution in [2.45, 2.75) is 20.8 Å². The Kier molecular flexibility index (Phi) is 5.76. The molecule has 0 aliphatic rings. The minimum atomic E-state index is -0.165. The summed E-state index contributed by atoms with van der Waals surface area (Å²) in [5.74, 6) is 1.48. The SMILES string of the molecule is Cc1cccc(-c2nccc(Oc3ccc(C(=O)Nc4ccc(C)cc4C)cc3)n2)c1. The Labute approximate surface area is 181 Å². The molecule has 0 radical (unpaired) electrons. The average Bonchev–Trinajstić information content (AvgIpc) is 2.76. The first kappa shape index (κ1) is 20.3. The number of benzene rings is 3. The quantitative estimate of drug-likeness (QED) is 0.432. The summed E-state index contributed by atoms with van der Waals surface area (Å²) >= 11 is 0. The van der Waals surface area contributed by atoms with Crippen molar-refractivity contribution in [3.8, 4) is 23.0 Å². The number of aryl methyl sites for hydroxylation is 3. The Balaban J connectivity index is 1.46. The number of amides is 1. The summed E-state index contributed by atoms with van der Waals surface area (Å²) in [6.45, 7) is 6.03. The molecule has 0 aliphatic heterocycles. The molecule has 0 saturated heterocycles. The highest BCUT2D eigenvalue weighted by molar-refractivity contribution is 6.04. The van der Waals surface area contributed by atoms with Gasteiger partial charge in [0.25, 0.3) is 5.91 Å². The first-order chi connectivity index (χ1) is 15.0. The van der Waals surface area contributed by atoms with Crippen molar-refractivity contribution in [2.75, 3.05) is 5.32 Å². The van der Waals surface area contributed by atoms with Crippen LogP contribution in [0.25, 0.3) is 11.4 Å². The van der Waals surface area contributed by atoms with Crippen molar-refractivity contribution in [1.82, 2.24) is 9.97 Å². The summed E-state index contributed by atoms with van der Waals surface area (Å²) in [5, 5.41) is 2.95. The topological polar surface area (TPSA) is 64.1 Å². The Bertz CT molecular complexity index is 1230. The van der Waals surface area contributed by atoms with Crippen molar-refractivity contribution in [3.05, 3.63) is 101 Å². The van der Waals surface area contributed by atoms with E-state index < -0.39 is 0 Å². The Morgan fingerprint density at radius 2 is 1.65 bits per heavy atom. The molecule has 0 fully saturated rings. The van der Waals surface area contributed by atoms with E-state index in [0.29, 0.717) is 23.0 Å². The highest BCUT2D eigenvalue weighted by Gasteiger charge is 2.09.